The Morgan fingerprint density at radius 3 is 2.86 bits per heavy atom. The van der Waals surface area contributed by atoms with Crippen molar-refractivity contribution in [2.75, 3.05) is 0 Å². The third-order valence-corrected chi connectivity index (χ3v) is 3.70. The summed E-state index contributed by atoms with van der Waals surface area (Å²) in [6, 6.07) is 11.2. The average Bonchev–Trinajstić information content (AvgIpc) is 2.87. The molecule has 106 valence electrons. The number of aromatic nitrogens is 2. The van der Waals surface area contributed by atoms with E-state index in [2.05, 4.69) is 4.98 Å². The number of pyridine rings is 1. The minimum atomic E-state index is -0.823. The molecule has 0 aliphatic carbocycles. The standard InChI is InChI=1S/C17H16N2O2/c1-12-5-4-8-19(11-12)16(17(20)21)9-13-10-18-15-7-3-2-6-14(13)15/h2-8,10-11,16,18H,9H2,1H3/p+1/t16-/m0/s1. The van der Waals surface area contributed by atoms with E-state index in [0.717, 1.165) is 22.0 Å². The van der Waals surface area contributed by atoms with Crippen LogP contribution in [0.3, 0.4) is 0 Å². The number of rotatable bonds is 4. The summed E-state index contributed by atoms with van der Waals surface area (Å²) in [6.45, 7) is 1.96. The largest absolute Gasteiger partial charge is 0.476 e. The van der Waals surface area contributed by atoms with Gasteiger partial charge in [0.15, 0.2) is 12.4 Å². The number of nitrogens with one attached hydrogen (secondary N) is 1. The smallest absolute Gasteiger partial charge is 0.373 e. The molecular weight excluding hydrogens is 264 g/mol. The van der Waals surface area contributed by atoms with Crippen LogP contribution in [0.5, 0.6) is 0 Å². The number of fused-ring (bicyclic) bond motifs is 1. The van der Waals surface area contributed by atoms with E-state index in [4.69, 9.17) is 0 Å². The lowest BCUT2D eigenvalue weighted by Crippen LogP contribution is -2.44. The van der Waals surface area contributed by atoms with Crippen LogP contribution in [0.25, 0.3) is 10.9 Å². The number of aliphatic carboxylic acids is 1. The molecule has 0 fully saturated rings. The van der Waals surface area contributed by atoms with Crippen molar-refractivity contribution in [2.24, 2.45) is 0 Å². The molecule has 2 N–H and O–H groups in total. The Kier molecular flexibility index (Phi) is 3.44. The molecule has 0 bridgehead atoms. The minimum absolute atomic E-state index is 0.452. The molecule has 0 aliphatic heterocycles. The fraction of sp³-hybridized carbons (Fsp3) is 0.176. The van der Waals surface area contributed by atoms with Gasteiger partial charge in [0, 0.05) is 35.2 Å². The van der Waals surface area contributed by atoms with Gasteiger partial charge in [-0.3, -0.25) is 0 Å². The molecule has 0 unspecified atom stereocenters. The summed E-state index contributed by atoms with van der Waals surface area (Å²) in [6.07, 6.45) is 6.03. The van der Waals surface area contributed by atoms with Crippen LogP contribution in [0.2, 0.25) is 0 Å². The number of carboxylic acid groups (broad SMARTS) is 1. The molecule has 4 nitrogen and oxygen atoms in total. The molecule has 3 rings (SSSR count). The Hall–Kier alpha value is -2.62. The van der Waals surface area contributed by atoms with Crippen molar-refractivity contribution < 1.29 is 14.5 Å². The van der Waals surface area contributed by atoms with Crippen molar-refractivity contribution >= 4 is 16.9 Å². The Morgan fingerprint density at radius 2 is 2.10 bits per heavy atom. The van der Waals surface area contributed by atoms with E-state index in [1.54, 1.807) is 10.8 Å². The first-order valence-electron chi connectivity index (χ1n) is 6.90. The highest BCUT2D eigenvalue weighted by Gasteiger charge is 2.28. The normalized spacial score (nSPS) is 12.4. The van der Waals surface area contributed by atoms with Gasteiger partial charge in [-0.05, 0) is 24.6 Å². The first-order chi connectivity index (χ1) is 10.1. The van der Waals surface area contributed by atoms with Crippen molar-refractivity contribution in [3.05, 3.63) is 66.1 Å². The van der Waals surface area contributed by atoms with Crippen molar-refractivity contribution in [2.45, 2.75) is 19.4 Å². The number of hydrogen-bond donors (Lipinski definition) is 2. The molecule has 0 saturated carbocycles. The molecule has 2 aromatic heterocycles. The second kappa shape index (κ2) is 5.40. The van der Waals surface area contributed by atoms with Crippen molar-refractivity contribution in [3.63, 3.8) is 0 Å². The SMILES string of the molecule is Cc1ccc[n+]([C@@H](Cc2c[nH]c3ccccc23)C(=O)O)c1. The maximum atomic E-state index is 11.6. The monoisotopic (exact) mass is 281 g/mol. The highest BCUT2D eigenvalue weighted by atomic mass is 16.4. The zero-order valence-electron chi connectivity index (χ0n) is 11.8. The van der Waals surface area contributed by atoms with Crippen LogP contribution in [0, 0.1) is 6.92 Å². The van der Waals surface area contributed by atoms with Crippen molar-refractivity contribution in [1.29, 1.82) is 0 Å². The Morgan fingerprint density at radius 1 is 1.29 bits per heavy atom. The van der Waals surface area contributed by atoms with Gasteiger partial charge >= 0.3 is 5.97 Å². The van der Waals surface area contributed by atoms with Crippen LogP contribution >= 0.6 is 0 Å². The molecule has 0 amide bonds. The van der Waals surface area contributed by atoms with E-state index in [1.165, 1.54) is 0 Å². The second-order valence-electron chi connectivity index (χ2n) is 5.25. The molecule has 21 heavy (non-hydrogen) atoms. The van der Waals surface area contributed by atoms with E-state index >= 15 is 0 Å². The molecule has 1 aromatic carbocycles. The van der Waals surface area contributed by atoms with Crippen molar-refractivity contribution in [1.82, 2.24) is 4.98 Å². The lowest BCUT2D eigenvalue weighted by atomic mass is 10.0. The third kappa shape index (κ3) is 2.65. The van der Waals surface area contributed by atoms with E-state index in [-0.39, 0.29) is 0 Å². The zero-order chi connectivity index (χ0) is 14.8. The van der Waals surface area contributed by atoms with Crippen LogP contribution in [0.1, 0.15) is 17.2 Å². The van der Waals surface area contributed by atoms with Crippen molar-refractivity contribution in [3.8, 4) is 0 Å². The quantitative estimate of drug-likeness (QED) is 0.722. The first kappa shape index (κ1) is 13.4. The fourth-order valence-electron chi connectivity index (χ4n) is 2.64. The summed E-state index contributed by atoms with van der Waals surface area (Å²) >= 11 is 0. The van der Waals surface area contributed by atoms with E-state index in [1.807, 2.05) is 55.7 Å². The van der Waals surface area contributed by atoms with Gasteiger partial charge in [0.25, 0.3) is 6.04 Å². The lowest BCUT2D eigenvalue weighted by Gasteiger charge is -2.08. The maximum absolute atomic E-state index is 11.6. The third-order valence-electron chi connectivity index (χ3n) is 3.70. The summed E-state index contributed by atoms with van der Waals surface area (Å²) in [5.74, 6) is -0.823. The number of carboxylic acids is 1. The summed E-state index contributed by atoms with van der Waals surface area (Å²) in [5, 5.41) is 10.6. The Balaban J connectivity index is 1.98. The van der Waals surface area contributed by atoms with Gasteiger partial charge in [0.1, 0.15) is 0 Å². The van der Waals surface area contributed by atoms with Gasteiger partial charge in [-0.1, -0.05) is 18.2 Å². The Labute approximate surface area is 122 Å². The van der Waals surface area contributed by atoms with Crippen LogP contribution < -0.4 is 4.57 Å². The summed E-state index contributed by atoms with van der Waals surface area (Å²) < 4.78 is 1.76. The predicted octanol–water partition coefficient (Wildman–Crippen LogP) is 2.63. The van der Waals surface area contributed by atoms with Gasteiger partial charge in [0.05, 0.1) is 0 Å². The van der Waals surface area contributed by atoms with Crippen LogP contribution in [-0.4, -0.2) is 16.1 Å². The average molecular weight is 281 g/mol. The van der Waals surface area contributed by atoms with E-state index in [9.17, 15) is 9.90 Å². The number of nitrogens with zero attached hydrogens (tertiary/aromatic N) is 1. The highest BCUT2D eigenvalue weighted by molar-refractivity contribution is 5.83. The van der Waals surface area contributed by atoms with Gasteiger partial charge in [0.2, 0.25) is 0 Å². The number of hydrogen-bond acceptors (Lipinski definition) is 1. The van der Waals surface area contributed by atoms with Crippen LogP contribution in [0.4, 0.5) is 0 Å². The number of para-hydroxylation sites is 1. The molecular formula is C17H17N2O2+. The number of H-pyrrole nitrogens is 1. The van der Waals surface area contributed by atoms with Gasteiger partial charge in [-0.25, -0.2) is 4.79 Å². The highest BCUT2D eigenvalue weighted by Crippen LogP contribution is 2.21. The topological polar surface area (TPSA) is 57.0 Å². The maximum Gasteiger partial charge on any atom is 0.373 e. The summed E-state index contributed by atoms with van der Waals surface area (Å²) in [4.78, 5) is 14.8. The number of aryl methyl sites for hydroxylation is 1. The fourth-order valence-corrected chi connectivity index (χ4v) is 2.64. The lowest BCUT2D eigenvalue weighted by molar-refractivity contribution is -0.710. The molecule has 2 heterocycles. The molecule has 0 aliphatic rings. The van der Waals surface area contributed by atoms with E-state index < -0.39 is 12.0 Å². The predicted molar refractivity (Wildman–Crippen MR) is 80.0 cm³/mol. The van der Waals surface area contributed by atoms with Gasteiger partial charge in [-0.15, -0.1) is 0 Å². The molecule has 0 spiro atoms. The van der Waals surface area contributed by atoms with Crippen LogP contribution in [0.15, 0.2) is 55.0 Å². The molecule has 0 saturated heterocycles. The summed E-state index contributed by atoms with van der Waals surface area (Å²) in [7, 11) is 0. The van der Waals surface area contributed by atoms with Crippen LogP contribution in [-0.2, 0) is 11.2 Å². The minimum Gasteiger partial charge on any atom is -0.476 e. The number of carbonyl (C=O) groups is 1. The molecule has 3 aromatic rings. The van der Waals surface area contributed by atoms with Gasteiger partial charge in [-0.2, -0.15) is 4.57 Å². The second-order valence-corrected chi connectivity index (χ2v) is 5.25. The number of benzene rings is 1. The van der Waals surface area contributed by atoms with Gasteiger partial charge < -0.3 is 10.1 Å². The zero-order valence-corrected chi connectivity index (χ0v) is 11.8. The molecule has 1 atom stereocenters. The molecule has 4 heteroatoms. The first-order valence-corrected chi connectivity index (χ1v) is 6.90. The number of aromatic amines is 1. The van der Waals surface area contributed by atoms with E-state index in [0.29, 0.717) is 6.42 Å². The summed E-state index contributed by atoms with van der Waals surface area (Å²) in [5.41, 5.74) is 3.10. The Bertz CT molecular complexity index is 792. The molecule has 0 radical (unpaired) electrons.